The highest BCUT2D eigenvalue weighted by Gasteiger charge is 2.23. The van der Waals surface area contributed by atoms with Crippen LogP contribution in [-0.2, 0) is 6.54 Å². The molecular formula is C24H26N4O2. The predicted molar refractivity (Wildman–Crippen MR) is 116 cm³/mol. The fraction of sp³-hybridized carbons (Fsp3) is 0.292. The molecule has 1 fully saturated rings. The maximum Gasteiger partial charge on any atom is 0.272 e. The maximum atomic E-state index is 13.0. The zero-order valence-electron chi connectivity index (χ0n) is 16.9. The van der Waals surface area contributed by atoms with Crippen molar-refractivity contribution in [1.29, 1.82) is 0 Å². The first-order valence-electron chi connectivity index (χ1n) is 10.5. The van der Waals surface area contributed by atoms with Crippen molar-refractivity contribution in [2.75, 3.05) is 0 Å². The topological polar surface area (TPSA) is 76.0 Å². The van der Waals surface area contributed by atoms with Gasteiger partial charge in [-0.3, -0.25) is 9.59 Å². The molecule has 1 aliphatic rings. The fourth-order valence-corrected chi connectivity index (χ4v) is 3.79. The molecule has 30 heavy (non-hydrogen) atoms. The summed E-state index contributed by atoms with van der Waals surface area (Å²) in [5.74, 6) is -0.499. The lowest BCUT2D eigenvalue weighted by Gasteiger charge is -2.22. The van der Waals surface area contributed by atoms with Gasteiger partial charge < -0.3 is 10.6 Å². The van der Waals surface area contributed by atoms with E-state index in [4.69, 9.17) is 0 Å². The van der Waals surface area contributed by atoms with Crippen molar-refractivity contribution in [2.45, 2.75) is 44.7 Å². The van der Waals surface area contributed by atoms with E-state index in [9.17, 15) is 9.59 Å². The van der Waals surface area contributed by atoms with E-state index in [0.717, 1.165) is 36.9 Å². The summed E-state index contributed by atoms with van der Waals surface area (Å²) in [5, 5.41) is 10.5. The lowest BCUT2D eigenvalue weighted by Crippen LogP contribution is -2.37. The van der Waals surface area contributed by atoms with E-state index in [-0.39, 0.29) is 23.6 Å². The SMILES string of the molecule is O=C(NCc1ccccc1)c1cc(C(=O)NC2CCCCC2)n(-c2ccccc2)n1. The average Bonchev–Trinajstić information content (AvgIpc) is 3.25. The third kappa shape index (κ3) is 4.76. The van der Waals surface area contributed by atoms with Crippen molar-refractivity contribution in [3.63, 3.8) is 0 Å². The lowest BCUT2D eigenvalue weighted by molar-refractivity contribution is 0.0918. The van der Waals surface area contributed by atoms with Crippen LogP contribution in [0.15, 0.2) is 66.7 Å². The summed E-state index contributed by atoms with van der Waals surface area (Å²) in [4.78, 5) is 25.7. The number of nitrogens with zero attached hydrogens (tertiary/aromatic N) is 2. The van der Waals surface area contributed by atoms with Gasteiger partial charge in [0.15, 0.2) is 5.69 Å². The molecule has 1 aromatic heterocycles. The number of benzene rings is 2. The van der Waals surface area contributed by atoms with E-state index in [1.54, 1.807) is 10.7 Å². The van der Waals surface area contributed by atoms with Crippen molar-refractivity contribution in [3.05, 3.63) is 83.7 Å². The molecule has 0 bridgehead atoms. The number of hydrogen-bond donors (Lipinski definition) is 2. The van der Waals surface area contributed by atoms with Crippen LogP contribution in [0, 0.1) is 0 Å². The smallest absolute Gasteiger partial charge is 0.272 e. The second kappa shape index (κ2) is 9.39. The number of carbonyl (C=O) groups is 2. The van der Waals surface area contributed by atoms with Gasteiger partial charge in [0.1, 0.15) is 5.69 Å². The van der Waals surface area contributed by atoms with E-state index in [0.29, 0.717) is 12.2 Å². The Morgan fingerprint density at radius 1 is 0.900 bits per heavy atom. The average molecular weight is 402 g/mol. The number of hydrogen-bond acceptors (Lipinski definition) is 3. The maximum absolute atomic E-state index is 13.0. The minimum Gasteiger partial charge on any atom is -0.348 e. The Bertz CT molecular complexity index is 993. The van der Waals surface area contributed by atoms with Gasteiger partial charge in [0.05, 0.1) is 5.69 Å². The Balaban J connectivity index is 1.55. The summed E-state index contributed by atoms with van der Waals surface area (Å²) in [6, 6.07) is 20.9. The molecule has 2 amide bonds. The van der Waals surface area contributed by atoms with Gasteiger partial charge in [-0.25, -0.2) is 4.68 Å². The van der Waals surface area contributed by atoms with E-state index >= 15 is 0 Å². The van der Waals surface area contributed by atoms with Crippen LogP contribution in [0.25, 0.3) is 5.69 Å². The molecule has 6 nitrogen and oxygen atoms in total. The first-order chi connectivity index (χ1) is 14.7. The molecule has 6 heteroatoms. The highest BCUT2D eigenvalue weighted by Crippen LogP contribution is 2.19. The summed E-state index contributed by atoms with van der Waals surface area (Å²) in [6.45, 7) is 0.404. The van der Waals surface area contributed by atoms with E-state index in [1.165, 1.54) is 6.42 Å². The highest BCUT2D eigenvalue weighted by molar-refractivity contribution is 5.98. The monoisotopic (exact) mass is 402 g/mol. The summed E-state index contributed by atoms with van der Waals surface area (Å²) in [6.07, 6.45) is 5.48. The molecule has 3 aromatic rings. The fourth-order valence-electron chi connectivity index (χ4n) is 3.79. The van der Waals surface area contributed by atoms with Crippen LogP contribution < -0.4 is 10.6 Å². The molecule has 1 heterocycles. The zero-order valence-corrected chi connectivity index (χ0v) is 16.9. The molecule has 2 aromatic carbocycles. The first kappa shape index (κ1) is 19.9. The molecule has 0 spiro atoms. The summed E-state index contributed by atoms with van der Waals surface area (Å²) in [7, 11) is 0. The van der Waals surface area contributed by atoms with Crippen molar-refractivity contribution >= 4 is 11.8 Å². The zero-order chi connectivity index (χ0) is 20.8. The molecule has 2 N–H and O–H groups in total. The van der Waals surface area contributed by atoms with Crippen LogP contribution in [0.5, 0.6) is 0 Å². The molecule has 4 rings (SSSR count). The van der Waals surface area contributed by atoms with E-state index < -0.39 is 0 Å². The number of para-hydroxylation sites is 1. The lowest BCUT2D eigenvalue weighted by atomic mass is 9.95. The van der Waals surface area contributed by atoms with Gasteiger partial charge >= 0.3 is 0 Å². The normalized spacial score (nSPS) is 14.3. The van der Waals surface area contributed by atoms with Crippen LogP contribution >= 0.6 is 0 Å². The molecule has 0 atom stereocenters. The predicted octanol–water partition coefficient (Wildman–Crippen LogP) is 3.86. The molecule has 0 saturated heterocycles. The Kier molecular flexibility index (Phi) is 6.23. The summed E-state index contributed by atoms with van der Waals surface area (Å²) in [5.41, 5.74) is 2.34. The van der Waals surface area contributed by atoms with Gasteiger partial charge in [-0.1, -0.05) is 67.8 Å². The van der Waals surface area contributed by atoms with Gasteiger partial charge in [0.25, 0.3) is 11.8 Å². The Hall–Kier alpha value is -3.41. The van der Waals surface area contributed by atoms with E-state index in [1.807, 2.05) is 60.7 Å². The molecule has 1 aliphatic carbocycles. The van der Waals surface area contributed by atoms with Crippen molar-refractivity contribution in [1.82, 2.24) is 20.4 Å². The van der Waals surface area contributed by atoms with Gasteiger partial charge in [0.2, 0.25) is 0 Å². The second-order valence-electron chi connectivity index (χ2n) is 7.64. The van der Waals surface area contributed by atoms with Crippen molar-refractivity contribution < 1.29 is 9.59 Å². The highest BCUT2D eigenvalue weighted by atomic mass is 16.2. The molecular weight excluding hydrogens is 376 g/mol. The Labute approximate surface area is 176 Å². The Morgan fingerprint density at radius 3 is 2.27 bits per heavy atom. The Morgan fingerprint density at radius 2 is 1.57 bits per heavy atom. The van der Waals surface area contributed by atoms with Crippen LogP contribution in [-0.4, -0.2) is 27.6 Å². The number of rotatable bonds is 6. The number of amides is 2. The van der Waals surface area contributed by atoms with Gasteiger partial charge in [-0.05, 0) is 30.5 Å². The van der Waals surface area contributed by atoms with Crippen LogP contribution in [0.1, 0.15) is 58.6 Å². The summed E-state index contributed by atoms with van der Waals surface area (Å²) >= 11 is 0. The molecule has 0 aliphatic heterocycles. The largest absolute Gasteiger partial charge is 0.348 e. The number of carbonyl (C=O) groups excluding carboxylic acids is 2. The molecule has 1 saturated carbocycles. The third-order valence-electron chi connectivity index (χ3n) is 5.41. The minimum atomic E-state index is -0.305. The van der Waals surface area contributed by atoms with Gasteiger partial charge in [-0.2, -0.15) is 5.10 Å². The minimum absolute atomic E-state index is 0.181. The standard InChI is InChI=1S/C24H26N4O2/c29-23(25-17-18-10-4-1-5-11-18)21-16-22(24(30)26-19-12-6-2-7-13-19)28(27-21)20-14-8-3-9-15-20/h1,3-5,8-11,14-16,19H,2,6-7,12-13,17H2,(H,25,29)(H,26,30). The van der Waals surface area contributed by atoms with Crippen LogP contribution in [0.4, 0.5) is 0 Å². The first-order valence-corrected chi connectivity index (χ1v) is 10.5. The van der Waals surface area contributed by atoms with Gasteiger partial charge in [-0.15, -0.1) is 0 Å². The van der Waals surface area contributed by atoms with Crippen molar-refractivity contribution in [3.8, 4) is 5.69 Å². The molecule has 0 radical (unpaired) electrons. The van der Waals surface area contributed by atoms with Gasteiger partial charge in [0, 0.05) is 18.7 Å². The molecule has 0 unspecified atom stereocenters. The second-order valence-corrected chi connectivity index (χ2v) is 7.64. The number of aromatic nitrogens is 2. The number of nitrogens with one attached hydrogen (secondary N) is 2. The third-order valence-corrected chi connectivity index (χ3v) is 5.41. The van der Waals surface area contributed by atoms with Crippen LogP contribution in [0.3, 0.4) is 0 Å². The molecule has 154 valence electrons. The quantitative estimate of drug-likeness (QED) is 0.657. The summed E-state index contributed by atoms with van der Waals surface area (Å²) < 4.78 is 1.55. The van der Waals surface area contributed by atoms with Crippen molar-refractivity contribution in [2.24, 2.45) is 0 Å². The van der Waals surface area contributed by atoms with E-state index in [2.05, 4.69) is 15.7 Å². The van der Waals surface area contributed by atoms with Crippen LogP contribution in [0.2, 0.25) is 0 Å².